The maximum absolute atomic E-state index is 12.4. The lowest BCUT2D eigenvalue weighted by molar-refractivity contribution is -0.155. The molecule has 2 aliphatic heterocycles. The van der Waals surface area contributed by atoms with Crippen LogP contribution in [0.4, 0.5) is 0 Å². The van der Waals surface area contributed by atoms with Crippen LogP contribution in [0.15, 0.2) is 18.2 Å². The number of likely N-dealkylation sites (tertiary alicyclic amines) is 1. The molecule has 2 aliphatic carbocycles. The third-order valence-corrected chi connectivity index (χ3v) is 7.67. The molecule has 1 aromatic rings. The maximum Gasteiger partial charge on any atom is 0.306 e. The predicted molar refractivity (Wildman–Crippen MR) is 121 cm³/mol. The Balaban J connectivity index is 1.57. The normalized spacial score (nSPS) is 31.5. The molecule has 0 aromatic heterocycles. The van der Waals surface area contributed by atoms with Crippen LogP contribution in [0.1, 0.15) is 57.2 Å². The second-order valence-electron chi connectivity index (χ2n) is 10.9. The number of phenols is 1. The molecule has 0 saturated carbocycles. The summed E-state index contributed by atoms with van der Waals surface area (Å²) in [4.78, 5) is 26.6. The smallest absolute Gasteiger partial charge is 0.306 e. The number of carbonyl (C=O) groups is 2. The van der Waals surface area contributed by atoms with Gasteiger partial charge in [-0.1, -0.05) is 6.08 Å². The first kappa shape index (κ1) is 22.3. The number of nitrogens with zero attached hydrogens (tertiary/aromatic N) is 1. The summed E-state index contributed by atoms with van der Waals surface area (Å²) in [5, 5.41) is 11.0. The molecule has 7 nitrogen and oxygen atoms in total. The van der Waals surface area contributed by atoms with E-state index in [9.17, 15) is 14.7 Å². The molecule has 1 aromatic carbocycles. The van der Waals surface area contributed by atoms with Crippen molar-refractivity contribution in [3.63, 3.8) is 0 Å². The van der Waals surface area contributed by atoms with Crippen LogP contribution >= 0.6 is 0 Å². The van der Waals surface area contributed by atoms with Crippen molar-refractivity contribution in [2.75, 3.05) is 13.6 Å². The number of aryl methyl sites for hydroxylation is 1. The van der Waals surface area contributed by atoms with Gasteiger partial charge in [-0.25, -0.2) is 0 Å². The van der Waals surface area contributed by atoms with Gasteiger partial charge in [0.25, 0.3) is 0 Å². The summed E-state index contributed by atoms with van der Waals surface area (Å²) >= 11 is 0. The minimum atomic E-state index is -0.529. The lowest BCUT2D eigenvalue weighted by atomic mass is 9.53. The monoisotopic (exact) mass is 455 g/mol. The first-order chi connectivity index (χ1) is 15.5. The highest BCUT2D eigenvalue weighted by Gasteiger charge is 2.65. The molecular weight excluding hydrogens is 422 g/mol. The van der Waals surface area contributed by atoms with E-state index in [-0.39, 0.29) is 47.6 Å². The lowest BCUT2D eigenvalue weighted by Gasteiger charge is -2.56. The number of aromatic hydroxyl groups is 1. The fourth-order valence-electron chi connectivity index (χ4n) is 6.52. The molecule has 2 bridgehead atoms. The third kappa shape index (κ3) is 3.43. The van der Waals surface area contributed by atoms with Gasteiger partial charge in [-0.15, -0.1) is 0 Å². The standard InChI is InChI=1S/C26H33NO6/c1-14(28)31-20-8-7-17-18-13-16-15(6-9-21(30)33-25(2,3)4)12-19(29)23-22(16)26(17,24(20)32-23)10-11-27(18)5/h7-8,12,17-18,20,24,29H,6,9-11,13H2,1-5H3/t17?,18?,20-,24-,26-/m0/s1. The summed E-state index contributed by atoms with van der Waals surface area (Å²) < 4.78 is 17.6. The number of phenolic OH excluding ortho intramolecular Hbond substituents is 1. The second kappa shape index (κ2) is 7.49. The van der Waals surface area contributed by atoms with E-state index in [0.29, 0.717) is 12.2 Å². The molecule has 0 amide bonds. The summed E-state index contributed by atoms with van der Waals surface area (Å²) in [7, 11) is 2.15. The van der Waals surface area contributed by atoms with Crippen LogP contribution in [-0.2, 0) is 37.3 Å². The Bertz CT molecular complexity index is 1040. The Morgan fingerprint density at radius 2 is 2.06 bits per heavy atom. The van der Waals surface area contributed by atoms with E-state index in [1.807, 2.05) is 26.8 Å². The molecular formula is C26H33NO6. The molecule has 1 saturated heterocycles. The van der Waals surface area contributed by atoms with Crippen molar-refractivity contribution in [2.24, 2.45) is 5.92 Å². The summed E-state index contributed by atoms with van der Waals surface area (Å²) in [6.07, 6.45) is 5.71. The Labute approximate surface area is 194 Å². The largest absolute Gasteiger partial charge is 0.504 e. The Morgan fingerprint density at radius 1 is 1.30 bits per heavy atom. The van der Waals surface area contributed by atoms with Gasteiger partial charge in [0.1, 0.15) is 11.7 Å². The number of benzene rings is 1. The average molecular weight is 456 g/mol. The van der Waals surface area contributed by atoms with E-state index in [2.05, 4.69) is 18.0 Å². The summed E-state index contributed by atoms with van der Waals surface area (Å²) in [6, 6.07) is 2.03. The molecule has 4 aliphatic rings. The topological polar surface area (TPSA) is 85.3 Å². The van der Waals surface area contributed by atoms with E-state index in [0.717, 1.165) is 30.5 Å². The molecule has 1 fully saturated rings. The van der Waals surface area contributed by atoms with Crippen molar-refractivity contribution in [3.8, 4) is 11.5 Å². The van der Waals surface area contributed by atoms with Gasteiger partial charge in [-0.3, -0.25) is 9.59 Å². The number of carbonyl (C=O) groups excluding carboxylic acids is 2. The van der Waals surface area contributed by atoms with Gasteiger partial charge < -0.3 is 24.2 Å². The first-order valence-corrected chi connectivity index (χ1v) is 11.8. The van der Waals surface area contributed by atoms with Gasteiger partial charge in [0, 0.05) is 36.3 Å². The van der Waals surface area contributed by atoms with Gasteiger partial charge >= 0.3 is 11.9 Å². The zero-order chi connectivity index (χ0) is 23.7. The fourth-order valence-corrected chi connectivity index (χ4v) is 6.52. The second-order valence-corrected chi connectivity index (χ2v) is 10.9. The van der Waals surface area contributed by atoms with Crippen molar-refractivity contribution in [1.82, 2.24) is 4.90 Å². The van der Waals surface area contributed by atoms with E-state index >= 15 is 0 Å². The SMILES string of the molecule is CC(=O)O[C@H]1C=CC2C3Cc4c(CCC(=O)OC(C)(C)C)cc(O)c5c4[C@@]2(CCN3C)[C@H]1O5. The van der Waals surface area contributed by atoms with Gasteiger partial charge in [0.05, 0.1) is 0 Å². The van der Waals surface area contributed by atoms with Crippen LogP contribution in [0.25, 0.3) is 0 Å². The van der Waals surface area contributed by atoms with Crippen LogP contribution in [-0.4, -0.2) is 59.4 Å². The first-order valence-electron chi connectivity index (χ1n) is 11.8. The Kier molecular flexibility index (Phi) is 5.05. The van der Waals surface area contributed by atoms with Crippen molar-refractivity contribution in [3.05, 3.63) is 34.9 Å². The van der Waals surface area contributed by atoms with Crippen molar-refractivity contribution in [1.29, 1.82) is 0 Å². The number of esters is 2. The fraction of sp³-hybridized carbons (Fsp3) is 0.615. The number of ether oxygens (including phenoxy) is 3. The molecule has 1 N–H and O–H groups in total. The van der Waals surface area contributed by atoms with E-state index < -0.39 is 11.7 Å². The summed E-state index contributed by atoms with van der Waals surface area (Å²) in [5.74, 6) is 0.229. The number of hydrogen-bond acceptors (Lipinski definition) is 7. The molecule has 5 rings (SSSR count). The molecule has 7 heteroatoms. The molecule has 1 spiro atoms. The molecule has 2 unspecified atom stereocenters. The van der Waals surface area contributed by atoms with Crippen LogP contribution < -0.4 is 4.74 Å². The summed E-state index contributed by atoms with van der Waals surface area (Å²) in [6.45, 7) is 7.90. The predicted octanol–water partition coefficient (Wildman–Crippen LogP) is 3.04. The highest BCUT2D eigenvalue weighted by atomic mass is 16.6. The molecule has 33 heavy (non-hydrogen) atoms. The third-order valence-electron chi connectivity index (χ3n) is 7.67. The minimum absolute atomic E-state index is 0.0921. The maximum atomic E-state index is 12.4. The van der Waals surface area contributed by atoms with Crippen LogP contribution in [0.2, 0.25) is 0 Å². The van der Waals surface area contributed by atoms with Crippen molar-refractivity contribution < 1.29 is 28.9 Å². The summed E-state index contributed by atoms with van der Waals surface area (Å²) in [5.41, 5.74) is 2.31. The van der Waals surface area contributed by atoms with E-state index in [1.165, 1.54) is 12.5 Å². The van der Waals surface area contributed by atoms with E-state index in [4.69, 9.17) is 14.2 Å². The van der Waals surface area contributed by atoms with Crippen molar-refractivity contribution in [2.45, 2.75) is 82.6 Å². The van der Waals surface area contributed by atoms with Crippen LogP contribution in [0, 0.1) is 5.92 Å². The van der Waals surface area contributed by atoms with Crippen LogP contribution in [0.3, 0.4) is 0 Å². The zero-order valence-electron chi connectivity index (χ0n) is 20.0. The molecule has 178 valence electrons. The number of piperidine rings is 1. The van der Waals surface area contributed by atoms with Gasteiger partial charge in [-0.05, 0) is 76.9 Å². The van der Waals surface area contributed by atoms with Gasteiger partial charge in [0.15, 0.2) is 17.6 Å². The highest BCUT2D eigenvalue weighted by Crippen LogP contribution is 2.63. The average Bonchev–Trinajstić information content (AvgIpc) is 3.05. The molecule has 0 radical (unpaired) electrons. The lowest BCUT2D eigenvalue weighted by Crippen LogP contribution is -2.65. The number of rotatable bonds is 4. The quantitative estimate of drug-likeness (QED) is 0.552. The Hall–Kier alpha value is -2.54. The molecule has 5 atom stereocenters. The van der Waals surface area contributed by atoms with Crippen LogP contribution in [0.5, 0.6) is 11.5 Å². The number of likely N-dealkylation sites (N-methyl/N-ethyl adjacent to an activating group) is 1. The minimum Gasteiger partial charge on any atom is -0.504 e. The van der Waals surface area contributed by atoms with E-state index in [1.54, 1.807) is 6.07 Å². The Morgan fingerprint density at radius 3 is 2.76 bits per heavy atom. The van der Waals surface area contributed by atoms with Gasteiger partial charge in [-0.2, -0.15) is 0 Å². The van der Waals surface area contributed by atoms with Gasteiger partial charge in [0.2, 0.25) is 0 Å². The highest BCUT2D eigenvalue weighted by molar-refractivity contribution is 5.71. The number of hydrogen-bond donors (Lipinski definition) is 1. The molecule has 2 heterocycles. The zero-order valence-corrected chi connectivity index (χ0v) is 20.0. The van der Waals surface area contributed by atoms with Crippen molar-refractivity contribution >= 4 is 11.9 Å².